The molecule has 3 heterocycles. The van der Waals surface area contributed by atoms with Crippen molar-refractivity contribution in [2.45, 2.75) is 6.92 Å². The molecule has 0 bridgehead atoms. The Morgan fingerprint density at radius 2 is 1.41 bits per heavy atom. The van der Waals surface area contributed by atoms with Crippen molar-refractivity contribution in [2.75, 3.05) is 0 Å². The number of H-pyrrole nitrogens is 2. The molecule has 84 valence electrons. The van der Waals surface area contributed by atoms with Crippen molar-refractivity contribution in [1.82, 2.24) is 25.4 Å². The summed E-state index contributed by atoms with van der Waals surface area (Å²) < 4.78 is 0. The van der Waals surface area contributed by atoms with E-state index in [9.17, 15) is 0 Å². The van der Waals surface area contributed by atoms with Crippen molar-refractivity contribution in [3.05, 3.63) is 42.2 Å². The summed E-state index contributed by atoms with van der Waals surface area (Å²) in [4.78, 5) is 4.58. The lowest BCUT2D eigenvalue weighted by Crippen LogP contribution is -1.91. The molecule has 3 rings (SSSR count). The van der Waals surface area contributed by atoms with Gasteiger partial charge in [0.25, 0.3) is 0 Å². The van der Waals surface area contributed by atoms with E-state index in [1.807, 2.05) is 31.2 Å². The highest BCUT2D eigenvalue weighted by Crippen LogP contribution is 2.21. The molecule has 0 aliphatic heterocycles. The summed E-state index contributed by atoms with van der Waals surface area (Å²) in [6.07, 6.45) is 3.43. The maximum atomic E-state index is 4.58. The molecule has 0 radical (unpaired) electrons. The zero-order valence-electron chi connectivity index (χ0n) is 9.31. The number of nitrogens with zero attached hydrogens (tertiary/aromatic N) is 3. The number of aromatic nitrogens is 5. The van der Waals surface area contributed by atoms with Crippen LogP contribution in [0.2, 0.25) is 0 Å². The SMILES string of the molecule is Cc1cc(-c2ccn[nH]2)nc(-c2ccn[nH]2)c1. The second-order valence-corrected chi connectivity index (χ2v) is 3.86. The fourth-order valence-corrected chi connectivity index (χ4v) is 1.74. The number of rotatable bonds is 2. The van der Waals surface area contributed by atoms with Crippen molar-refractivity contribution in [3.63, 3.8) is 0 Å². The predicted octanol–water partition coefficient (Wildman–Crippen LogP) is 2.17. The number of aryl methyl sites for hydroxylation is 1. The summed E-state index contributed by atoms with van der Waals surface area (Å²) >= 11 is 0. The number of aromatic amines is 2. The first-order chi connectivity index (χ1) is 8.33. The van der Waals surface area contributed by atoms with E-state index < -0.39 is 0 Å². The summed E-state index contributed by atoms with van der Waals surface area (Å²) in [5, 5.41) is 13.7. The van der Waals surface area contributed by atoms with Crippen LogP contribution < -0.4 is 0 Å². The molecule has 3 aromatic heterocycles. The molecule has 0 aliphatic carbocycles. The molecule has 2 N–H and O–H groups in total. The molecule has 0 aliphatic rings. The molecule has 0 spiro atoms. The van der Waals surface area contributed by atoms with Crippen LogP contribution in [0.3, 0.4) is 0 Å². The standard InChI is InChI=1S/C12H11N5/c1-8-6-11(9-2-4-13-16-9)15-12(7-8)10-3-5-14-17-10/h2-7H,1H3,(H,13,16)(H,14,17). The number of hydrogen-bond acceptors (Lipinski definition) is 3. The average Bonchev–Trinajstić information content (AvgIpc) is 3.02. The van der Waals surface area contributed by atoms with Gasteiger partial charge in [-0.05, 0) is 36.8 Å². The Morgan fingerprint density at radius 1 is 0.882 bits per heavy atom. The third kappa shape index (κ3) is 1.82. The zero-order chi connectivity index (χ0) is 11.7. The van der Waals surface area contributed by atoms with Crippen LogP contribution in [-0.2, 0) is 0 Å². The molecule has 0 fully saturated rings. The number of nitrogens with one attached hydrogen (secondary N) is 2. The van der Waals surface area contributed by atoms with Crippen LogP contribution in [0.4, 0.5) is 0 Å². The first-order valence-electron chi connectivity index (χ1n) is 5.31. The third-order valence-electron chi connectivity index (χ3n) is 2.52. The van der Waals surface area contributed by atoms with E-state index in [0.29, 0.717) is 0 Å². The molecule has 0 saturated heterocycles. The quantitative estimate of drug-likeness (QED) is 0.702. The second-order valence-electron chi connectivity index (χ2n) is 3.86. The second kappa shape index (κ2) is 3.86. The largest absolute Gasteiger partial charge is 0.276 e. The molecule has 0 saturated carbocycles. The van der Waals surface area contributed by atoms with Crippen molar-refractivity contribution in [3.8, 4) is 22.8 Å². The van der Waals surface area contributed by atoms with Gasteiger partial charge in [0.2, 0.25) is 0 Å². The Balaban J connectivity index is 2.13. The lowest BCUT2D eigenvalue weighted by molar-refractivity contribution is 1.07. The van der Waals surface area contributed by atoms with E-state index in [2.05, 4.69) is 25.4 Å². The Hall–Kier alpha value is -2.43. The van der Waals surface area contributed by atoms with Crippen molar-refractivity contribution in [2.24, 2.45) is 0 Å². The summed E-state index contributed by atoms with van der Waals surface area (Å²) in [5.41, 5.74) is 4.73. The van der Waals surface area contributed by atoms with E-state index in [1.165, 1.54) is 0 Å². The zero-order valence-corrected chi connectivity index (χ0v) is 9.31. The van der Waals surface area contributed by atoms with Gasteiger partial charge in [0, 0.05) is 12.4 Å². The monoisotopic (exact) mass is 225 g/mol. The first kappa shape index (κ1) is 9.77. The van der Waals surface area contributed by atoms with Crippen LogP contribution >= 0.6 is 0 Å². The van der Waals surface area contributed by atoms with Gasteiger partial charge in [0.15, 0.2) is 0 Å². The Kier molecular flexibility index (Phi) is 2.22. The molecule has 0 amide bonds. The van der Waals surface area contributed by atoms with Gasteiger partial charge in [0.1, 0.15) is 0 Å². The van der Waals surface area contributed by atoms with Gasteiger partial charge in [-0.2, -0.15) is 10.2 Å². The number of pyridine rings is 1. The highest BCUT2D eigenvalue weighted by atomic mass is 15.1. The fraction of sp³-hybridized carbons (Fsp3) is 0.0833. The number of hydrogen-bond donors (Lipinski definition) is 2. The maximum absolute atomic E-state index is 4.58. The van der Waals surface area contributed by atoms with Crippen LogP contribution in [0, 0.1) is 6.92 Å². The molecule has 17 heavy (non-hydrogen) atoms. The van der Waals surface area contributed by atoms with Gasteiger partial charge in [-0.3, -0.25) is 10.2 Å². The Bertz CT molecular complexity index is 558. The lowest BCUT2D eigenvalue weighted by atomic mass is 10.1. The molecule has 0 unspecified atom stereocenters. The van der Waals surface area contributed by atoms with Crippen LogP contribution in [0.1, 0.15) is 5.56 Å². The predicted molar refractivity (Wildman–Crippen MR) is 64.1 cm³/mol. The van der Waals surface area contributed by atoms with Gasteiger partial charge in [-0.1, -0.05) is 0 Å². The summed E-state index contributed by atoms with van der Waals surface area (Å²) in [6, 6.07) is 7.85. The van der Waals surface area contributed by atoms with Crippen LogP contribution in [0.25, 0.3) is 22.8 Å². The van der Waals surface area contributed by atoms with Crippen LogP contribution in [-0.4, -0.2) is 25.4 Å². The van der Waals surface area contributed by atoms with Gasteiger partial charge >= 0.3 is 0 Å². The molecule has 3 aromatic rings. The van der Waals surface area contributed by atoms with E-state index in [-0.39, 0.29) is 0 Å². The minimum Gasteiger partial charge on any atom is -0.276 e. The van der Waals surface area contributed by atoms with E-state index in [0.717, 1.165) is 28.3 Å². The molecular weight excluding hydrogens is 214 g/mol. The molecule has 0 aromatic carbocycles. The summed E-state index contributed by atoms with van der Waals surface area (Å²) in [5.74, 6) is 0. The summed E-state index contributed by atoms with van der Waals surface area (Å²) in [7, 11) is 0. The van der Waals surface area contributed by atoms with E-state index in [4.69, 9.17) is 0 Å². The van der Waals surface area contributed by atoms with Gasteiger partial charge in [-0.15, -0.1) is 0 Å². The Morgan fingerprint density at radius 3 is 1.82 bits per heavy atom. The highest BCUT2D eigenvalue weighted by molar-refractivity contribution is 5.62. The minimum absolute atomic E-state index is 0.882. The topological polar surface area (TPSA) is 70.2 Å². The van der Waals surface area contributed by atoms with Gasteiger partial charge in [-0.25, -0.2) is 4.98 Å². The fourth-order valence-electron chi connectivity index (χ4n) is 1.74. The van der Waals surface area contributed by atoms with Gasteiger partial charge < -0.3 is 0 Å². The van der Waals surface area contributed by atoms with Gasteiger partial charge in [0.05, 0.1) is 22.8 Å². The van der Waals surface area contributed by atoms with Crippen LogP contribution in [0.5, 0.6) is 0 Å². The first-order valence-corrected chi connectivity index (χ1v) is 5.31. The van der Waals surface area contributed by atoms with E-state index in [1.54, 1.807) is 12.4 Å². The average molecular weight is 225 g/mol. The molecule has 5 heteroatoms. The maximum Gasteiger partial charge on any atom is 0.0891 e. The summed E-state index contributed by atoms with van der Waals surface area (Å²) in [6.45, 7) is 2.04. The van der Waals surface area contributed by atoms with Crippen molar-refractivity contribution >= 4 is 0 Å². The highest BCUT2D eigenvalue weighted by Gasteiger charge is 2.06. The minimum atomic E-state index is 0.882. The third-order valence-corrected chi connectivity index (χ3v) is 2.52. The van der Waals surface area contributed by atoms with Crippen LogP contribution in [0.15, 0.2) is 36.7 Å². The smallest absolute Gasteiger partial charge is 0.0891 e. The van der Waals surface area contributed by atoms with Crippen molar-refractivity contribution < 1.29 is 0 Å². The molecule has 0 atom stereocenters. The normalized spacial score (nSPS) is 10.6. The Labute approximate surface area is 97.9 Å². The van der Waals surface area contributed by atoms with Crippen molar-refractivity contribution in [1.29, 1.82) is 0 Å². The molecular formula is C12H11N5. The lowest BCUT2D eigenvalue weighted by Gasteiger charge is -2.03. The molecule has 5 nitrogen and oxygen atoms in total. The van der Waals surface area contributed by atoms with E-state index >= 15 is 0 Å².